The van der Waals surface area contributed by atoms with E-state index < -0.39 is 12.1 Å². The molecule has 0 aliphatic heterocycles. The minimum atomic E-state index is -0.846. The number of carbonyl (C=O) groups is 2. The molecule has 0 radical (unpaired) electrons. The molecule has 0 aromatic carbocycles. The molecule has 0 aliphatic rings. The maximum Gasteiger partial charge on any atom is 0.305 e. The van der Waals surface area contributed by atoms with Gasteiger partial charge < -0.3 is 20.3 Å². The SMILES string of the molecule is CCCCCCCCC/C=C/C(O)C(CO)NC(=O)CCCCCCCCC/C=C\CCCCCCCCCCCCCOC(=O)CCCCCCCCCCCCCCCCCCCCC. The predicted molar refractivity (Wildman–Crippen MR) is 292 cm³/mol. The number of amides is 1. The summed E-state index contributed by atoms with van der Waals surface area (Å²) in [6, 6.07) is -0.630. The number of esters is 1. The summed E-state index contributed by atoms with van der Waals surface area (Å²) in [5.41, 5.74) is 0. The molecule has 0 spiro atoms. The lowest BCUT2D eigenvalue weighted by Crippen LogP contribution is -2.45. The van der Waals surface area contributed by atoms with Crippen LogP contribution < -0.4 is 5.32 Å². The predicted octanol–water partition coefficient (Wildman–Crippen LogP) is 18.6. The topological polar surface area (TPSA) is 95.9 Å². The Balaban J connectivity index is 3.37. The van der Waals surface area contributed by atoms with Crippen molar-refractivity contribution in [1.82, 2.24) is 5.32 Å². The number of unbranched alkanes of at least 4 members (excludes halogenated alkanes) is 43. The highest BCUT2D eigenvalue weighted by Crippen LogP contribution is 2.17. The van der Waals surface area contributed by atoms with Gasteiger partial charge in [-0.25, -0.2) is 0 Å². The number of allylic oxidation sites excluding steroid dienone is 3. The molecule has 0 saturated heterocycles. The Bertz CT molecular complexity index is 1040. The van der Waals surface area contributed by atoms with Gasteiger partial charge in [-0.05, 0) is 57.8 Å². The van der Waals surface area contributed by atoms with Gasteiger partial charge in [-0.1, -0.05) is 282 Å². The van der Waals surface area contributed by atoms with E-state index in [0.717, 1.165) is 44.9 Å². The van der Waals surface area contributed by atoms with E-state index in [1.165, 1.54) is 257 Å². The summed E-state index contributed by atoms with van der Waals surface area (Å²) in [4.78, 5) is 24.5. The Morgan fingerprint density at radius 2 is 0.701 bits per heavy atom. The Morgan fingerprint density at radius 1 is 0.403 bits per heavy atom. The number of nitrogens with one attached hydrogen (secondary N) is 1. The second kappa shape index (κ2) is 56.9. The number of hydrogen-bond donors (Lipinski definition) is 3. The molecule has 3 N–H and O–H groups in total. The first kappa shape index (κ1) is 65.3. The van der Waals surface area contributed by atoms with Gasteiger partial charge in [0.2, 0.25) is 5.91 Å². The van der Waals surface area contributed by atoms with Crippen LogP contribution in [-0.2, 0) is 14.3 Å². The van der Waals surface area contributed by atoms with E-state index in [2.05, 4.69) is 31.3 Å². The van der Waals surface area contributed by atoms with Crippen LogP contribution in [0.5, 0.6) is 0 Å². The van der Waals surface area contributed by atoms with E-state index in [9.17, 15) is 19.8 Å². The van der Waals surface area contributed by atoms with Crippen LogP contribution in [0.2, 0.25) is 0 Å². The van der Waals surface area contributed by atoms with Crippen LogP contribution in [-0.4, -0.2) is 47.4 Å². The van der Waals surface area contributed by atoms with Crippen molar-refractivity contribution in [1.29, 1.82) is 0 Å². The van der Waals surface area contributed by atoms with Crippen molar-refractivity contribution in [2.75, 3.05) is 13.2 Å². The lowest BCUT2D eigenvalue weighted by Gasteiger charge is -2.20. The van der Waals surface area contributed by atoms with E-state index in [4.69, 9.17) is 4.74 Å². The maximum atomic E-state index is 12.4. The zero-order chi connectivity index (χ0) is 48.6. The smallest absolute Gasteiger partial charge is 0.305 e. The standard InChI is InChI=1S/C61H117NO5/c1-3-5-7-9-11-13-14-15-16-17-22-26-29-32-35-39-43-47-51-55-61(66)67-56-52-48-44-40-36-33-30-27-24-21-19-18-20-23-25-28-31-34-38-42-46-50-54-60(65)62-58(57-63)59(64)53-49-45-41-37-12-10-8-6-4-2/h20,23,49,53,58-59,63-64H,3-19,21-22,24-48,50-52,54-57H2,1-2H3,(H,62,65)/b23-20-,53-49+. The van der Waals surface area contributed by atoms with Crippen LogP contribution in [0, 0.1) is 0 Å². The van der Waals surface area contributed by atoms with Crippen LogP contribution in [0.3, 0.4) is 0 Å². The van der Waals surface area contributed by atoms with E-state index in [1.807, 2.05) is 6.08 Å². The molecule has 0 fully saturated rings. The fourth-order valence-corrected chi connectivity index (χ4v) is 9.34. The number of rotatable bonds is 56. The molecule has 0 heterocycles. The molecule has 2 unspecified atom stereocenters. The number of hydrogen-bond acceptors (Lipinski definition) is 5. The van der Waals surface area contributed by atoms with Gasteiger partial charge in [-0.15, -0.1) is 0 Å². The first-order valence-electron chi connectivity index (χ1n) is 30.1. The summed E-state index contributed by atoms with van der Waals surface area (Å²) in [5, 5.41) is 22.9. The zero-order valence-corrected chi connectivity index (χ0v) is 45.1. The number of ether oxygens (including phenoxy) is 1. The number of carbonyl (C=O) groups excluding carboxylic acids is 2. The van der Waals surface area contributed by atoms with Gasteiger partial charge in [-0.3, -0.25) is 9.59 Å². The highest BCUT2D eigenvalue weighted by atomic mass is 16.5. The summed E-state index contributed by atoms with van der Waals surface area (Å²) < 4.78 is 5.50. The summed E-state index contributed by atoms with van der Waals surface area (Å²) >= 11 is 0. The maximum absolute atomic E-state index is 12.4. The van der Waals surface area contributed by atoms with Gasteiger partial charge in [0.25, 0.3) is 0 Å². The second-order valence-electron chi connectivity index (χ2n) is 20.7. The monoisotopic (exact) mass is 944 g/mol. The van der Waals surface area contributed by atoms with E-state index in [-0.39, 0.29) is 18.5 Å². The van der Waals surface area contributed by atoms with E-state index >= 15 is 0 Å². The summed E-state index contributed by atoms with van der Waals surface area (Å²) in [5.74, 6) is -0.0630. The average Bonchev–Trinajstić information content (AvgIpc) is 3.33. The molecule has 0 bridgehead atoms. The van der Waals surface area contributed by atoms with Crippen molar-refractivity contribution in [2.45, 2.75) is 341 Å². The molecule has 0 saturated carbocycles. The Kier molecular flexibility index (Phi) is 55.5. The third kappa shape index (κ3) is 53.5. The molecule has 1 amide bonds. The highest BCUT2D eigenvalue weighted by Gasteiger charge is 2.18. The van der Waals surface area contributed by atoms with Crippen molar-refractivity contribution in [3.63, 3.8) is 0 Å². The third-order valence-corrected chi connectivity index (χ3v) is 14.0. The van der Waals surface area contributed by atoms with Crippen molar-refractivity contribution in [2.24, 2.45) is 0 Å². The van der Waals surface area contributed by atoms with Crippen molar-refractivity contribution in [3.8, 4) is 0 Å². The minimum Gasteiger partial charge on any atom is -0.466 e. The van der Waals surface area contributed by atoms with Crippen LogP contribution >= 0.6 is 0 Å². The molecule has 0 aromatic heterocycles. The van der Waals surface area contributed by atoms with Crippen LogP contribution in [0.15, 0.2) is 24.3 Å². The van der Waals surface area contributed by atoms with E-state index in [0.29, 0.717) is 19.4 Å². The number of aliphatic hydroxyl groups is 2. The van der Waals surface area contributed by atoms with Crippen molar-refractivity contribution >= 4 is 11.9 Å². The molecule has 0 aromatic rings. The van der Waals surface area contributed by atoms with Crippen molar-refractivity contribution < 1.29 is 24.5 Å². The first-order chi connectivity index (χ1) is 33.0. The van der Waals surface area contributed by atoms with Crippen LogP contribution in [0.25, 0.3) is 0 Å². The van der Waals surface area contributed by atoms with Gasteiger partial charge >= 0.3 is 5.97 Å². The normalized spacial score (nSPS) is 12.7. The van der Waals surface area contributed by atoms with Crippen LogP contribution in [0.4, 0.5) is 0 Å². The van der Waals surface area contributed by atoms with Gasteiger partial charge in [0.1, 0.15) is 0 Å². The molecule has 67 heavy (non-hydrogen) atoms. The molecule has 6 nitrogen and oxygen atoms in total. The summed E-state index contributed by atoms with van der Waals surface area (Å²) in [6.07, 6.45) is 69.4. The molecule has 0 rings (SSSR count). The molecule has 0 aliphatic carbocycles. The highest BCUT2D eigenvalue weighted by molar-refractivity contribution is 5.76. The lowest BCUT2D eigenvalue weighted by molar-refractivity contribution is -0.143. The molecule has 396 valence electrons. The summed E-state index contributed by atoms with van der Waals surface area (Å²) in [6.45, 7) is 4.89. The average molecular weight is 945 g/mol. The Labute approximate surface area is 418 Å². The van der Waals surface area contributed by atoms with E-state index in [1.54, 1.807) is 6.08 Å². The molecule has 6 heteroatoms. The molecular weight excluding hydrogens is 827 g/mol. The molecule has 2 atom stereocenters. The third-order valence-electron chi connectivity index (χ3n) is 14.0. The lowest BCUT2D eigenvalue weighted by atomic mass is 10.0. The van der Waals surface area contributed by atoms with Crippen molar-refractivity contribution in [3.05, 3.63) is 24.3 Å². The zero-order valence-electron chi connectivity index (χ0n) is 45.1. The van der Waals surface area contributed by atoms with Gasteiger partial charge in [0.15, 0.2) is 0 Å². The van der Waals surface area contributed by atoms with Gasteiger partial charge in [0, 0.05) is 12.8 Å². The fourth-order valence-electron chi connectivity index (χ4n) is 9.34. The molecular formula is C61H117NO5. The summed E-state index contributed by atoms with van der Waals surface area (Å²) in [7, 11) is 0. The Morgan fingerprint density at radius 3 is 1.06 bits per heavy atom. The Hall–Kier alpha value is -1.66. The van der Waals surface area contributed by atoms with Crippen LogP contribution in [0.1, 0.15) is 328 Å². The largest absolute Gasteiger partial charge is 0.466 e. The second-order valence-corrected chi connectivity index (χ2v) is 20.7. The number of aliphatic hydroxyl groups excluding tert-OH is 2. The van der Waals surface area contributed by atoms with Gasteiger partial charge in [0.05, 0.1) is 25.4 Å². The fraction of sp³-hybridized carbons (Fsp3) is 0.902. The first-order valence-corrected chi connectivity index (χ1v) is 30.1. The quantitative estimate of drug-likeness (QED) is 0.0321. The minimum absolute atomic E-state index is 0.0141. The van der Waals surface area contributed by atoms with Gasteiger partial charge in [-0.2, -0.15) is 0 Å².